The van der Waals surface area contributed by atoms with Crippen LogP contribution in [0, 0.1) is 5.92 Å². The van der Waals surface area contributed by atoms with Crippen LogP contribution in [-0.4, -0.2) is 30.6 Å². The molecular weight excluding hydrogens is 338 g/mol. The van der Waals surface area contributed by atoms with E-state index >= 15 is 0 Å². The van der Waals surface area contributed by atoms with Crippen molar-refractivity contribution in [1.82, 2.24) is 4.90 Å². The van der Waals surface area contributed by atoms with Crippen LogP contribution >= 0.6 is 15.9 Å². The minimum atomic E-state index is 0.517. The third-order valence-corrected chi connectivity index (χ3v) is 5.07. The van der Waals surface area contributed by atoms with Gasteiger partial charge in [0, 0.05) is 10.5 Å². The summed E-state index contributed by atoms with van der Waals surface area (Å²) in [5.74, 6) is 1.59. The molecule has 1 heterocycles. The number of ether oxygens (including phenoxy) is 1. The van der Waals surface area contributed by atoms with Crippen LogP contribution < -0.4 is 4.74 Å². The molecule has 1 aliphatic rings. The van der Waals surface area contributed by atoms with Crippen LogP contribution in [0.3, 0.4) is 0 Å². The van der Waals surface area contributed by atoms with Crippen molar-refractivity contribution in [1.29, 1.82) is 0 Å². The van der Waals surface area contributed by atoms with Crippen LogP contribution in [0.2, 0.25) is 0 Å². The van der Waals surface area contributed by atoms with Crippen molar-refractivity contribution >= 4 is 26.7 Å². The molecule has 1 saturated heterocycles. The van der Waals surface area contributed by atoms with Crippen molar-refractivity contribution in [3.8, 4) is 5.75 Å². The SMILES string of the molecule is CC(C)[C@@H](COc1ccc2cc(Br)ccc2c1)N1CCCC1. The highest BCUT2D eigenvalue weighted by Gasteiger charge is 2.25. The lowest BCUT2D eigenvalue weighted by atomic mass is 10.0. The summed E-state index contributed by atoms with van der Waals surface area (Å²) in [6, 6.07) is 13.2. The van der Waals surface area contributed by atoms with Gasteiger partial charge in [-0.25, -0.2) is 0 Å². The predicted octanol–water partition coefficient (Wildman–Crippen LogP) is 5.10. The van der Waals surface area contributed by atoms with Gasteiger partial charge in [0.2, 0.25) is 0 Å². The van der Waals surface area contributed by atoms with E-state index in [4.69, 9.17) is 4.74 Å². The smallest absolute Gasteiger partial charge is 0.120 e. The Morgan fingerprint density at radius 1 is 1.05 bits per heavy atom. The largest absolute Gasteiger partial charge is 0.492 e. The van der Waals surface area contributed by atoms with E-state index in [1.165, 1.54) is 36.7 Å². The fourth-order valence-corrected chi connectivity index (χ4v) is 3.64. The summed E-state index contributed by atoms with van der Waals surface area (Å²) >= 11 is 3.52. The fraction of sp³-hybridized carbons (Fsp3) is 0.474. The van der Waals surface area contributed by atoms with Gasteiger partial charge < -0.3 is 4.74 Å². The molecule has 0 saturated carbocycles. The fourth-order valence-electron chi connectivity index (χ4n) is 3.26. The third kappa shape index (κ3) is 3.64. The van der Waals surface area contributed by atoms with Crippen LogP contribution in [0.4, 0.5) is 0 Å². The third-order valence-electron chi connectivity index (χ3n) is 4.57. The average Bonchev–Trinajstić information content (AvgIpc) is 3.01. The van der Waals surface area contributed by atoms with Crippen LogP contribution in [0.5, 0.6) is 5.75 Å². The second-order valence-electron chi connectivity index (χ2n) is 6.52. The summed E-state index contributed by atoms with van der Waals surface area (Å²) in [5, 5.41) is 2.46. The summed E-state index contributed by atoms with van der Waals surface area (Å²) in [6.45, 7) is 7.81. The minimum Gasteiger partial charge on any atom is -0.492 e. The molecule has 0 radical (unpaired) electrons. The van der Waals surface area contributed by atoms with Gasteiger partial charge in [-0.05, 0) is 66.9 Å². The molecule has 2 nitrogen and oxygen atoms in total. The molecule has 0 N–H and O–H groups in total. The van der Waals surface area contributed by atoms with E-state index in [9.17, 15) is 0 Å². The number of hydrogen-bond acceptors (Lipinski definition) is 2. The van der Waals surface area contributed by atoms with Gasteiger partial charge in [0.1, 0.15) is 12.4 Å². The minimum absolute atomic E-state index is 0.517. The average molecular weight is 362 g/mol. The number of halogens is 1. The van der Waals surface area contributed by atoms with Gasteiger partial charge >= 0.3 is 0 Å². The summed E-state index contributed by atoms with van der Waals surface area (Å²) in [7, 11) is 0. The zero-order valence-electron chi connectivity index (χ0n) is 13.4. The molecule has 0 aromatic heterocycles. The lowest BCUT2D eigenvalue weighted by Gasteiger charge is -2.30. The van der Waals surface area contributed by atoms with E-state index in [0.717, 1.165) is 16.8 Å². The second kappa shape index (κ2) is 7.01. The molecule has 3 rings (SSSR count). The van der Waals surface area contributed by atoms with Gasteiger partial charge in [-0.15, -0.1) is 0 Å². The number of hydrogen-bond donors (Lipinski definition) is 0. The second-order valence-corrected chi connectivity index (χ2v) is 7.43. The maximum Gasteiger partial charge on any atom is 0.120 e. The zero-order chi connectivity index (χ0) is 15.5. The highest BCUT2D eigenvalue weighted by Crippen LogP contribution is 2.25. The van der Waals surface area contributed by atoms with Crippen molar-refractivity contribution in [2.75, 3.05) is 19.7 Å². The maximum atomic E-state index is 6.13. The van der Waals surface area contributed by atoms with Gasteiger partial charge in [0.05, 0.1) is 0 Å². The molecule has 22 heavy (non-hydrogen) atoms. The number of benzene rings is 2. The first kappa shape index (κ1) is 15.8. The number of likely N-dealkylation sites (tertiary alicyclic amines) is 1. The summed E-state index contributed by atoms with van der Waals surface area (Å²) in [5.41, 5.74) is 0. The van der Waals surface area contributed by atoms with E-state index < -0.39 is 0 Å². The van der Waals surface area contributed by atoms with Crippen LogP contribution in [0.25, 0.3) is 10.8 Å². The topological polar surface area (TPSA) is 12.5 Å². The molecule has 118 valence electrons. The molecule has 2 aromatic carbocycles. The Kier molecular flexibility index (Phi) is 5.04. The quantitative estimate of drug-likeness (QED) is 0.734. The number of fused-ring (bicyclic) bond motifs is 1. The first-order valence-corrected chi connectivity index (χ1v) is 8.99. The first-order valence-electron chi connectivity index (χ1n) is 8.19. The Morgan fingerprint density at radius 3 is 2.45 bits per heavy atom. The number of nitrogens with zero attached hydrogens (tertiary/aromatic N) is 1. The molecule has 0 amide bonds. The van der Waals surface area contributed by atoms with Crippen LogP contribution in [0.1, 0.15) is 26.7 Å². The summed E-state index contributed by atoms with van der Waals surface area (Å²) in [6.07, 6.45) is 2.65. The Hall–Kier alpha value is -1.06. The van der Waals surface area contributed by atoms with Gasteiger partial charge in [0.25, 0.3) is 0 Å². The van der Waals surface area contributed by atoms with E-state index in [1.54, 1.807) is 0 Å². The summed E-state index contributed by atoms with van der Waals surface area (Å²) < 4.78 is 7.24. The van der Waals surface area contributed by atoms with Crippen molar-refractivity contribution in [3.05, 3.63) is 40.9 Å². The first-order chi connectivity index (χ1) is 10.6. The van der Waals surface area contributed by atoms with Crippen molar-refractivity contribution in [2.24, 2.45) is 5.92 Å². The van der Waals surface area contributed by atoms with Gasteiger partial charge in [0.15, 0.2) is 0 Å². The molecule has 0 bridgehead atoms. The van der Waals surface area contributed by atoms with Gasteiger partial charge in [-0.1, -0.05) is 41.9 Å². The Morgan fingerprint density at radius 2 is 1.73 bits per heavy atom. The lowest BCUT2D eigenvalue weighted by Crippen LogP contribution is -2.41. The van der Waals surface area contributed by atoms with Crippen molar-refractivity contribution < 1.29 is 4.74 Å². The summed E-state index contributed by atoms with van der Waals surface area (Å²) in [4.78, 5) is 2.59. The molecular formula is C19H24BrNO. The standard InChI is InChI=1S/C19H24BrNO/c1-14(2)19(21-9-3-4-10-21)13-22-18-8-6-15-11-17(20)7-5-16(15)12-18/h5-8,11-12,14,19H,3-4,9-10,13H2,1-2H3/t19-/m1/s1. The highest BCUT2D eigenvalue weighted by atomic mass is 79.9. The Balaban J connectivity index is 1.70. The van der Waals surface area contributed by atoms with Gasteiger partial charge in [-0.2, -0.15) is 0 Å². The molecule has 0 unspecified atom stereocenters. The van der Waals surface area contributed by atoms with Crippen LogP contribution in [0.15, 0.2) is 40.9 Å². The Bertz CT molecular complexity index is 634. The Labute approximate surface area is 141 Å². The molecule has 0 aliphatic carbocycles. The van der Waals surface area contributed by atoms with E-state index in [0.29, 0.717) is 12.0 Å². The van der Waals surface area contributed by atoms with E-state index in [1.807, 2.05) is 0 Å². The maximum absolute atomic E-state index is 6.13. The molecule has 1 aliphatic heterocycles. The van der Waals surface area contributed by atoms with Crippen molar-refractivity contribution in [2.45, 2.75) is 32.7 Å². The van der Waals surface area contributed by atoms with Crippen molar-refractivity contribution in [3.63, 3.8) is 0 Å². The van der Waals surface area contributed by atoms with E-state index in [-0.39, 0.29) is 0 Å². The normalized spacial score (nSPS) is 17.3. The predicted molar refractivity (Wildman–Crippen MR) is 96.6 cm³/mol. The highest BCUT2D eigenvalue weighted by molar-refractivity contribution is 9.10. The molecule has 3 heteroatoms. The molecule has 1 atom stereocenters. The molecule has 0 spiro atoms. The lowest BCUT2D eigenvalue weighted by molar-refractivity contribution is 0.124. The monoisotopic (exact) mass is 361 g/mol. The van der Waals surface area contributed by atoms with E-state index in [2.05, 4.69) is 71.1 Å². The number of rotatable bonds is 5. The van der Waals surface area contributed by atoms with Crippen LogP contribution in [-0.2, 0) is 0 Å². The zero-order valence-corrected chi connectivity index (χ0v) is 15.0. The van der Waals surface area contributed by atoms with Gasteiger partial charge in [-0.3, -0.25) is 4.90 Å². The molecule has 2 aromatic rings. The molecule has 1 fully saturated rings.